The first kappa shape index (κ1) is 10.5. The van der Waals surface area contributed by atoms with Gasteiger partial charge in [0.25, 0.3) is 0 Å². The molecule has 3 heteroatoms. The number of nitrogens with zero attached hydrogens (tertiary/aromatic N) is 1. The molecule has 15 heavy (non-hydrogen) atoms. The maximum absolute atomic E-state index is 9.79. The van der Waals surface area contributed by atoms with Crippen molar-refractivity contribution < 1.29 is 5.11 Å². The molecule has 2 rings (SSSR count). The zero-order valence-electron chi connectivity index (χ0n) is 9.06. The minimum atomic E-state index is 0.162. The average molecular weight is 206 g/mol. The highest BCUT2D eigenvalue weighted by atomic mass is 16.3. The Hall–Kier alpha value is -1.06. The Kier molecular flexibility index (Phi) is 2.93. The summed E-state index contributed by atoms with van der Waals surface area (Å²) < 4.78 is 0. The van der Waals surface area contributed by atoms with E-state index in [1.165, 1.54) is 0 Å². The summed E-state index contributed by atoms with van der Waals surface area (Å²) in [6.45, 7) is 1.98. The Morgan fingerprint density at radius 3 is 2.87 bits per heavy atom. The van der Waals surface area contributed by atoms with Crippen LogP contribution in [0.4, 0.5) is 0 Å². The molecular formula is C12H18N2O. The van der Waals surface area contributed by atoms with E-state index >= 15 is 0 Å². The molecule has 0 spiro atoms. The fourth-order valence-corrected chi connectivity index (χ4v) is 2.26. The summed E-state index contributed by atoms with van der Waals surface area (Å²) >= 11 is 0. The van der Waals surface area contributed by atoms with Crippen LogP contribution in [0, 0.1) is 0 Å². The van der Waals surface area contributed by atoms with Gasteiger partial charge in [-0.05, 0) is 31.6 Å². The molecule has 1 fully saturated rings. The third-order valence-electron chi connectivity index (χ3n) is 3.21. The number of benzene rings is 1. The van der Waals surface area contributed by atoms with Crippen LogP contribution in [0.5, 0.6) is 5.75 Å². The van der Waals surface area contributed by atoms with Crippen LogP contribution in [0.3, 0.4) is 0 Å². The van der Waals surface area contributed by atoms with Gasteiger partial charge in [-0.25, -0.2) is 0 Å². The van der Waals surface area contributed by atoms with Gasteiger partial charge in [-0.1, -0.05) is 18.2 Å². The van der Waals surface area contributed by atoms with Crippen molar-refractivity contribution >= 4 is 0 Å². The summed E-state index contributed by atoms with van der Waals surface area (Å²) in [5, 5.41) is 9.79. The summed E-state index contributed by atoms with van der Waals surface area (Å²) in [6, 6.07) is 7.66. The number of hydrogen-bond donors (Lipinski definition) is 2. The maximum Gasteiger partial charge on any atom is 0.119 e. The van der Waals surface area contributed by atoms with Crippen molar-refractivity contribution in [3.8, 4) is 5.75 Å². The molecule has 0 aromatic heterocycles. The van der Waals surface area contributed by atoms with E-state index in [9.17, 15) is 5.11 Å². The van der Waals surface area contributed by atoms with E-state index in [-0.39, 0.29) is 12.0 Å². The van der Waals surface area contributed by atoms with Crippen LogP contribution in [-0.4, -0.2) is 36.2 Å². The van der Waals surface area contributed by atoms with E-state index in [1.807, 2.05) is 18.2 Å². The number of likely N-dealkylation sites (tertiary alicyclic amines) is 1. The second-order valence-corrected chi connectivity index (χ2v) is 4.38. The zero-order chi connectivity index (χ0) is 10.8. The third kappa shape index (κ3) is 2.13. The van der Waals surface area contributed by atoms with Gasteiger partial charge in [-0.3, -0.25) is 0 Å². The highest BCUT2D eigenvalue weighted by molar-refractivity contribution is 5.36. The number of nitrogens with two attached hydrogens (primary N) is 1. The molecule has 0 radical (unpaired) electrons. The molecular weight excluding hydrogens is 188 g/mol. The Balaban J connectivity index is 2.25. The van der Waals surface area contributed by atoms with Crippen LogP contribution in [-0.2, 0) is 0 Å². The smallest absolute Gasteiger partial charge is 0.119 e. The monoisotopic (exact) mass is 206 g/mol. The third-order valence-corrected chi connectivity index (χ3v) is 3.21. The van der Waals surface area contributed by atoms with Gasteiger partial charge in [0.1, 0.15) is 5.75 Å². The van der Waals surface area contributed by atoms with Crippen LogP contribution < -0.4 is 5.73 Å². The normalized spacial score (nSPS) is 27.9. The molecule has 1 aromatic rings. The number of piperidine rings is 1. The SMILES string of the molecule is CN1CCC(N)C(c2ccccc2O)C1. The fourth-order valence-electron chi connectivity index (χ4n) is 2.26. The van der Waals surface area contributed by atoms with Crippen LogP contribution in [0.1, 0.15) is 17.9 Å². The molecule has 2 atom stereocenters. The lowest BCUT2D eigenvalue weighted by Crippen LogP contribution is -2.44. The van der Waals surface area contributed by atoms with Crippen LogP contribution in [0.25, 0.3) is 0 Å². The molecule has 1 heterocycles. The number of hydrogen-bond acceptors (Lipinski definition) is 3. The first-order valence-corrected chi connectivity index (χ1v) is 5.40. The van der Waals surface area contributed by atoms with Crippen molar-refractivity contribution in [1.82, 2.24) is 4.90 Å². The van der Waals surface area contributed by atoms with Gasteiger partial charge in [-0.2, -0.15) is 0 Å². The molecule has 2 unspecified atom stereocenters. The molecule has 0 saturated carbocycles. The second-order valence-electron chi connectivity index (χ2n) is 4.38. The summed E-state index contributed by atoms with van der Waals surface area (Å²) in [6.07, 6.45) is 0.996. The van der Waals surface area contributed by atoms with Gasteiger partial charge in [0, 0.05) is 18.5 Å². The lowest BCUT2D eigenvalue weighted by molar-refractivity contribution is 0.225. The van der Waals surface area contributed by atoms with E-state index in [4.69, 9.17) is 5.73 Å². The topological polar surface area (TPSA) is 49.5 Å². The predicted octanol–water partition coefficient (Wildman–Crippen LogP) is 1.14. The number of para-hydroxylation sites is 1. The number of phenolic OH excluding ortho intramolecular Hbond substituents is 1. The molecule has 1 aliphatic rings. The predicted molar refractivity (Wildman–Crippen MR) is 60.9 cm³/mol. The molecule has 0 bridgehead atoms. The fraction of sp³-hybridized carbons (Fsp3) is 0.500. The van der Waals surface area contributed by atoms with E-state index in [2.05, 4.69) is 11.9 Å². The number of rotatable bonds is 1. The van der Waals surface area contributed by atoms with E-state index in [1.54, 1.807) is 6.07 Å². The molecule has 3 nitrogen and oxygen atoms in total. The van der Waals surface area contributed by atoms with Crippen molar-refractivity contribution in [2.24, 2.45) is 5.73 Å². The maximum atomic E-state index is 9.79. The zero-order valence-corrected chi connectivity index (χ0v) is 9.06. The molecule has 1 saturated heterocycles. The number of aromatic hydroxyl groups is 1. The van der Waals surface area contributed by atoms with Gasteiger partial charge in [-0.15, -0.1) is 0 Å². The van der Waals surface area contributed by atoms with Crippen molar-refractivity contribution in [1.29, 1.82) is 0 Å². The molecule has 82 valence electrons. The second kappa shape index (κ2) is 4.21. The lowest BCUT2D eigenvalue weighted by Gasteiger charge is -2.35. The van der Waals surface area contributed by atoms with Gasteiger partial charge < -0.3 is 15.7 Å². The summed E-state index contributed by atoms with van der Waals surface area (Å²) in [7, 11) is 2.10. The number of phenols is 1. The quantitative estimate of drug-likeness (QED) is 0.724. The molecule has 3 N–H and O–H groups in total. The lowest BCUT2D eigenvalue weighted by atomic mass is 9.86. The van der Waals surface area contributed by atoms with Crippen molar-refractivity contribution in [3.05, 3.63) is 29.8 Å². The van der Waals surface area contributed by atoms with E-state index in [0.717, 1.165) is 25.1 Å². The van der Waals surface area contributed by atoms with E-state index in [0.29, 0.717) is 5.75 Å². The minimum absolute atomic E-state index is 0.162. The van der Waals surface area contributed by atoms with Crippen molar-refractivity contribution in [2.75, 3.05) is 20.1 Å². The number of likely N-dealkylation sites (N-methyl/N-ethyl adjacent to an activating group) is 1. The highest BCUT2D eigenvalue weighted by Gasteiger charge is 2.27. The molecule has 1 aromatic carbocycles. The van der Waals surface area contributed by atoms with Crippen LogP contribution in [0.15, 0.2) is 24.3 Å². The van der Waals surface area contributed by atoms with Gasteiger partial charge >= 0.3 is 0 Å². The van der Waals surface area contributed by atoms with Crippen molar-refractivity contribution in [2.45, 2.75) is 18.4 Å². The van der Waals surface area contributed by atoms with E-state index < -0.39 is 0 Å². The largest absolute Gasteiger partial charge is 0.508 e. The van der Waals surface area contributed by atoms with Gasteiger partial charge in [0.05, 0.1) is 0 Å². The standard InChI is InChI=1S/C12H18N2O/c1-14-7-6-11(13)10(8-14)9-4-2-3-5-12(9)15/h2-5,10-11,15H,6-8,13H2,1H3. The van der Waals surface area contributed by atoms with Gasteiger partial charge in [0.15, 0.2) is 0 Å². The molecule has 0 aliphatic carbocycles. The molecule has 0 amide bonds. The Morgan fingerprint density at radius 2 is 2.13 bits per heavy atom. The summed E-state index contributed by atoms with van der Waals surface area (Å²) in [5.74, 6) is 0.623. The van der Waals surface area contributed by atoms with Crippen molar-refractivity contribution in [3.63, 3.8) is 0 Å². The Morgan fingerprint density at radius 1 is 1.40 bits per heavy atom. The minimum Gasteiger partial charge on any atom is -0.508 e. The van der Waals surface area contributed by atoms with Gasteiger partial charge in [0.2, 0.25) is 0 Å². The van der Waals surface area contributed by atoms with Crippen LogP contribution in [0.2, 0.25) is 0 Å². The Labute approximate surface area is 90.5 Å². The first-order chi connectivity index (χ1) is 7.18. The molecule has 1 aliphatic heterocycles. The summed E-state index contributed by atoms with van der Waals surface area (Å²) in [4.78, 5) is 2.26. The van der Waals surface area contributed by atoms with Crippen LogP contribution >= 0.6 is 0 Å². The first-order valence-electron chi connectivity index (χ1n) is 5.40. The average Bonchev–Trinajstić information content (AvgIpc) is 2.23. The summed E-state index contributed by atoms with van der Waals surface area (Å²) in [5.41, 5.74) is 7.09. The highest BCUT2D eigenvalue weighted by Crippen LogP contribution is 2.31. The Bertz CT molecular complexity index is 340.